The van der Waals surface area contributed by atoms with Crippen LogP contribution in [0.4, 0.5) is 5.69 Å². The van der Waals surface area contributed by atoms with Crippen molar-refractivity contribution in [2.75, 3.05) is 18.6 Å². The molecule has 2 aliphatic carbocycles. The summed E-state index contributed by atoms with van der Waals surface area (Å²) in [7, 11) is 1.73. The van der Waals surface area contributed by atoms with Crippen LogP contribution >= 0.6 is 0 Å². The quantitative estimate of drug-likeness (QED) is 0.269. The first-order chi connectivity index (χ1) is 20.1. The van der Waals surface area contributed by atoms with Crippen molar-refractivity contribution in [1.82, 2.24) is 30.8 Å². The zero-order valence-corrected chi connectivity index (χ0v) is 23.9. The number of benzene rings is 2. The molecule has 2 saturated carbocycles. The number of hydrogen-bond acceptors (Lipinski definition) is 6. The van der Waals surface area contributed by atoms with Gasteiger partial charge in [-0.05, 0) is 105 Å². The van der Waals surface area contributed by atoms with E-state index in [2.05, 4.69) is 79.0 Å². The maximum absolute atomic E-state index is 14.2. The van der Waals surface area contributed by atoms with Crippen LogP contribution in [-0.2, 0) is 4.79 Å². The Bertz CT molecular complexity index is 1420. The van der Waals surface area contributed by atoms with Gasteiger partial charge in [0.05, 0.1) is 13.3 Å². The minimum absolute atomic E-state index is 0.00865. The van der Waals surface area contributed by atoms with E-state index in [0.29, 0.717) is 11.8 Å². The molecule has 2 aliphatic rings. The third-order valence-electron chi connectivity index (χ3n) is 9.24. The number of carbonyl (C=O) groups excluding carboxylic acids is 1. The highest BCUT2D eigenvalue weighted by atomic mass is 16.5. The molecule has 41 heavy (non-hydrogen) atoms. The number of tetrazole rings is 1. The molecule has 9 heteroatoms. The molecule has 6 rings (SSSR count). The lowest BCUT2D eigenvalue weighted by atomic mass is 9.77. The van der Waals surface area contributed by atoms with E-state index in [4.69, 9.17) is 4.74 Å². The Morgan fingerprint density at radius 3 is 2.46 bits per heavy atom. The lowest BCUT2D eigenvalue weighted by Gasteiger charge is -2.36. The Morgan fingerprint density at radius 2 is 1.78 bits per heavy atom. The topological polar surface area (TPSA) is 113 Å². The van der Waals surface area contributed by atoms with E-state index in [1.807, 2.05) is 18.5 Å². The number of anilines is 1. The number of nitrogens with one attached hydrogen (secondary N) is 2. The molecule has 0 aliphatic heterocycles. The molecule has 9 nitrogen and oxygen atoms in total. The fraction of sp³-hybridized carbons (Fsp3) is 0.469. The van der Waals surface area contributed by atoms with Gasteiger partial charge in [0.2, 0.25) is 5.91 Å². The minimum atomic E-state index is 0.00865. The maximum atomic E-state index is 14.2. The summed E-state index contributed by atoms with van der Waals surface area (Å²) in [6, 6.07) is 14.9. The molecule has 2 N–H and O–H groups in total. The first-order valence-electron chi connectivity index (χ1n) is 14.9. The van der Waals surface area contributed by atoms with Crippen molar-refractivity contribution in [3.8, 4) is 16.9 Å². The summed E-state index contributed by atoms with van der Waals surface area (Å²) in [6.07, 6.45) is 11.7. The van der Waals surface area contributed by atoms with Gasteiger partial charge in [-0.3, -0.25) is 9.89 Å². The van der Waals surface area contributed by atoms with E-state index in [1.54, 1.807) is 7.11 Å². The first-order valence-corrected chi connectivity index (χ1v) is 14.9. The Morgan fingerprint density at radius 1 is 0.976 bits per heavy atom. The maximum Gasteiger partial charge on any atom is 0.230 e. The first kappa shape index (κ1) is 27.2. The fourth-order valence-corrected chi connectivity index (χ4v) is 6.84. The van der Waals surface area contributed by atoms with Crippen LogP contribution in [0.5, 0.6) is 5.75 Å². The third-order valence-corrected chi connectivity index (χ3v) is 9.24. The molecule has 0 spiro atoms. The van der Waals surface area contributed by atoms with Crippen LogP contribution in [0, 0.1) is 18.8 Å². The van der Waals surface area contributed by atoms with Crippen molar-refractivity contribution >= 4 is 11.6 Å². The second-order valence-electron chi connectivity index (χ2n) is 11.8. The van der Waals surface area contributed by atoms with E-state index >= 15 is 0 Å². The highest BCUT2D eigenvalue weighted by molar-refractivity contribution is 5.95. The Kier molecular flexibility index (Phi) is 8.11. The number of carbonyl (C=O) groups is 1. The minimum Gasteiger partial charge on any atom is -0.496 e. The number of aromatic nitrogens is 6. The van der Waals surface area contributed by atoms with Gasteiger partial charge in [-0.25, -0.2) is 0 Å². The molecular formula is C32H39N7O2. The van der Waals surface area contributed by atoms with Gasteiger partial charge in [-0.15, -0.1) is 10.2 Å². The van der Waals surface area contributed by atoms with Crippen molar-refractivity contribution < 1.29 is 9.53 Å². The van der Waals surface area contributed by atoms with Crippen molar-refractivity contribution in [3.63, 3.8) is 0 Å². The molecule has 2 aromatic carbocycles. The van der Waals surface area contributed by atoms with Gasteiger partial charge in [0.25, 0.3) is 0 Å². The van der Waals surface area contributed by atoms with Gasteiger partial charge in [-0.2, -0.15) is 10.3 Å². The van der Waals surface area contributed by atoms with Gasteiger partial charge in [0.1, 0.15) is 5.75 Å². The van der Waals surface area contributed by atoms with E-state index in [0.717, 1.165) is 86.3 Å². The van der Waals surface area contributed by atoms with Crippen LogP contribution < -0.4 is 9.64 Å². The van der Waals surface area contributed by atoms with Crippen molar-refractivity contribution in [1.29, 1.82) is 0 Å². The van der Waals surface area contributed by atoms with E-state index in [1.165, 1.54) is 11.1 Å². The third kappa shape index (κ3) is 6.04. The van der Waals surface area contributed by atoms with Gasteiger partial charge in [0.15, 0.2) is 5.82 Å². The number of hydrogen-bond donors (Lipinski definition) is 2. The van der Waals surface area contributed by atoms with Crippen molar-refractivity contribution in [2.45, 2.75) is 70.1 Å². The number of amides is 1. The van der Waals surface area contributed by atoms with Gasteiger partial charge >= 0.3 is 0 Å². The molecule has 4 aromatic rings. The molecule has 1 amide bonds. The van der Waals surface area contributed by atoms with Crippen LogP contribution in [0.1, 0.15) is 80.2 Å². The molecule has 0 bridgehead atoms. The molecular weight excluding hydrogens is 514 g/mol. The highest BCUT2D eigenvalue weighted by Crippen LogP contribution is 2.40. The van der Waals surface area contributed by atoms with Gasteiger partial charge in [-0.1, -0.05) is 29.5 Å². The zero-order chi connectivity index (χ0) is 28.2. The summed E-state index contributed by atoms with van der Waals surface area (Å²) in [5.74, 6) is 3.27. The summed E-state index contributed by atoms with van der Waals surface area (Å²) in [6.45, 7) is 2.87. The number of methoxy groups -OCH3 is 1. The normalized spacial score (nSPS) is 22.8. The predicted molar refractivity (Wildman–Crippen MR) is 158 cm³/mol. The summed E-state index contributed by atoms with van der Waals surface area (Å²) >= 11 is 0. The Labute approximate surface area is 241 Å². The average Bonchev–Trinajstić information content (AvgIpc) is 3.76. The number of aryl methyl sites for hydroxylation is 1. The lowest BCUT2D eigenvalue weighted by Crippen LogP contribution is -2.41. The zero-order valence-electron chi connectivity index (χ0n) is 23.9. The highest BCUT2D eigenvalue weighted by Gasteiger charge is 2.34. The number of rotatable bonds is 8. The Balaban J connectivity index is 1.17. The molecule has 0 atom stereocenters. The molecule has 214 valence electrons. The van der Waals surface area contributed by atoms with Crippen LogP contribution in [-0.4, -0.2) is 50.4 Å². The van der Waals surface area contributed by atoms with Gasteiger partial charge < -0.3 is 9.64 Å². The molecule has 2 fully saturated rings. The monoisotopic (exact) mass is 553 g/mol. The predicted octanol–water partition coefficient (Wildman–Crippen LogP) is 6.19. The van der Waals surface area contributed by atoms with E-state index < -0.39 is 0 Å². The summed E-state index contributed by atoms with van der Waals surface area (Å²) in [5.41, 5.74) is 5.65. The molecule has 0 unspecified atom stereocenters. The van der Waals surface area contributed by atoms with E-state index in [9.17, 15) is 4.79 Å². The number of aromatic amines is 2. The SMILES string of the molecule is COc1ccc(C2CCC(CN(C(=O)C3CCC(c4nn[nH]n4)CC3)c3cccc(-c4cn[nH]c4)c3)CC2)cc1C. The van der Waals surface area contributed by atoms with Crippen LogP contribution in [0.3, 0.4) is 0 Å². The van der Waals surface area contributed by atoms with Crippen molar-refractivity contribution in [2.24, 2.45) is 11.8 Å². The van der Waals surface area contributed by atoms with E-state index in [-0.39, 0.29) is 17.7 Å². The second-order valence-corrected chi connectivity index (χ2v) is 11.8. The molecule has 0 radical (unpaired) electrons. The fourth-order valence-electron chi connectivity index (χ4n) is 6.84. The summed E-state index contributed by atoms with van der Waals surface area (Å²) < 4.78 is 5.47. The average molecular weight is 554 g/mol. The van der Waals surface area contributed by atoms with Crippen LogP contribution in [0.25, 0.3) is 11.1 Å². The largest absolute Gasteiger partial charge is 0.496 e. The number of ether oxygens (including phenoxy) is 1. The second kappa shape index (κ2) is 12.2. The van der Waals surface area contributed by atoms with Crippen LogP contribution in [0.2, 0.25) is 0 Å². The Hall–Kier alpha value is -4.01. The smallest absolute Gasteiger partial charge is 0.230 e. The summed E-state index contributed by atoms with van der Waals surface area (Å²) in [4.78, 5) is 16.3. The van der Waals surface area contributed by atoms with Crippen molar-refractivity contribution in [3.05, 3.63) is 71.8 Å². The number of H-pyrrole nitrogens is 2. The lowest BCUT2D eigenvalue weighted by molar-refractivity contribution is -0.123. The summed E-state index contributed by atoms with van der Waals surface area (Å²) in [5, 5.41) is 21.7. The van der Waals surface area contributed by atoms with Gasteiger partial charge in [0, 0.05) is 35.8 Å². The molecule has 0 saturated heterocycles. The van der Waals surface area contributed by atoms with Crippen LogP contribution in [0.15, 0.2) is 54.9 Å². The molecule has 2 heterocycles. The standard InChI is InChI=1S/C32H39N7O2/c1-21-16-27(14-15-30(21)41-2)23-8-6-22(7-9-23)20-39(29-5-3-4-26(17-29)28-18-33-34-19-28)32(40)25-12-10-24(11-13-25)31-35-37-38-36-31/h3-5,14-19,22-25H,6-13,20H2,1-2H3,(H,33,34)(H,35,36,37,38). The molecule has 2 aromatic heterocycles. The number of nitrogens with zero attached hydrogens (tertiary/aromatic N) is 5.